The summed E-state index contributed by atoms with van der Waals surface area (Å²) in [6.45, 7) is 3.89. The third-order valence-corrected chi connectivity index (χ3v) is 3.54. The zero-order valence-electron chi connectivity index (χ0n) is 11.6. The van der Waals surface area contributed by atoms with Crippen LogP contribution < -0.4 is 10.1 Å². The molecule has 0 aliphatic heterocycles. The summed E-state index contributed by atoms with van der Waals surface area (Å²) >= 11 is 0. The predicted molar refractivity (Wildman–Crippen MR) is 72.8 cm³/mol. The Labute approximate surface area is 109 Å². The van der Waals surface area contributed by atoms with Gasteiger partial charge in [0.25, 0.3) is 0 Å². The average molecular weight is 249 g/mol. The van der Waals surface area contributed by atoms with E-state index in [2.05, 4.69) is 16.5 Å². The van der Waals surface area contributed by atoms with Crippen LogP contribution in [0.1, 0.15) is 36.9 Å². The first kappa shape index (κ1) is 13.1. The number of aromatic nitrogens is 2. The molecule has 0 atom stereocenters. The summed E-state index contributed by atoms with van der Waals surface area (Å²) in [7, 11) is 3.61. The molecule has 2 rings (SSSR count). The summed E-state index contributed by atoms with van der Waals surface area (Å²) < 4.78 is 7.17. The highest BCUT2D eigenvalue weighted by atomic mass is 16.5. The molecule has 18 heavy (non-hydrogen) atoms. The van der Waals surface area contributed by atoms with Gasteiger partial charge in [0, 0.05) is 13.6 Å². The minimum absolute atomic E-state index is 0.829. The zero-order chi connectivity index (χ0) is 13.0. The molecule has 1 aliphatic carbocycles. The summed E-state index contributed by atoms with van der Waals surface area (Å²) in [4.78, 5) is 0. The molecule has 0 bridgehead atoms. The molecule has 0 spiro atoms. The van der Waals surface area contributed by atoms with Gasteiger partial charge >= 0.3 is 0 Å². The van der Waals surface area contributed by atoms with E-state index in [9.17, 15) is 0 Å². The number of methoxy groups -OCH3 is 1. The van der Waals surface area contributed by atoms with Crippen LogP contribution in [0.2, 0.25) is 0 Å². The highest BCUT2D eigenvalue weighted by Gasteiger charge is 2.13. The number of nitrogens with zero attached hydrogens (tertiary/aromatic N) is 2. The lowest BCUT2D eigenvalue weighted by Crippen LogP contribution is -2.16. The maximum absolute atomic E-state index is 5.38. The Morgan fingerprint density at radius 3 is 3.00 bits per heavy atom. The molecular formula is C14H23N3O. The number of aryl methyl sites for hydroxylation is 2. The van der Waals surface area contributed by atoms with Crippen molar-refractivity contribution in [2.45, 2.75) is 39.2 Å². The molecule has 1 aromatic heterocycles. The Morgan fingerprint density at radius 1 is 1.50 bits per heavy atom. The van der Waals surface area contributed by atoms with Gasteiger partial charge in [-0.25, -0.2) is 4.68 Å². The van der Waals surface area contributed by atoms with Gasteiger partial charge in [0.1, 0.15) is 0 Å². The van der Waals surface area contributed by atoms with Crippen LogP contribution in [-0.2, 0) is 13.6 Å². The minimum Gasteiger partial charge on any atom is -0.481 e. The average Bonchev–Trinajstić information content (AvgIpc) is 2.93. The standard InChI is InChI=1S/C14H23N3O/c1-11-13(14(18-3)17(2)16-11)10-15-9-8-12-6-4-5-7-12/h6,15H,4-5,7-10H2,1-3H3. The van der Waals surface area contributed by atoms with Crippen LogP contribution in [0, 0.1) is 6.92 Å². The van der Waals surface area contributed by atoms with Crippen molar-refractivity contribution < 1.29 is 4.74 Å². The highest BCUT2D eigenvalue weighted by molar-refractivity contribution is 5.30. The first-order valence-electron chi connectivity index (χ1n) is 6.67. The summed E-state index contributed by atoms with van der Waals surface area (Å²) in [5.74, 6) is 0.861. The van der Waals surface area contributed by atoms with Crippen molar-refractivity contribution in [2.75, 3.05) is 13.7 Å². The highest BCUT2D eigenvalue weighted by Crippen LogP contribution is 2.21. The monoisotopic (exact) mass is 249 g/mol. The van der Waals surface area contributed by atoms with Crippen LogP contribution in [-0.4, -0.2) is 23.4 Å². The number of allylic oxidation sites excluding steroid dienone is 1. The molecule has 0 radical (unpaired) electrons. The van der Waals surface area contributed by atoms with E-state index in [1.807, 2.05) is 14.0 Å². The predicted octanol–water partition coefficient (Wildman–Crippen LogP) is 2.33. The van der Waals surface area contributed by atoms with Crippen molar-refractivity contribution in [1.82, 2.24) is 15.1 Å². The summed E-state index contributed by atoms with van der Waals surface area (Å²) in [5.41, 5.74) is 3.82. The maximum atomic E-state index is 5.38. The topological polar surface area (TPSA) is 39.1 Å². The number of nitrogens with one attached hydrogen (secondary N) is 1. The quantitative estimate of drug-likeness (QED) is 0.621. The van der Waals surface area contributed by atoms with Crippen LogP contribution in [0.25, 0.3) is 0 Å². The molecule has 1 heterocycles. The first-order chi connectivity index (χ1) is 8.72. The van der Waals surface area contributed by atoms with E-state index in [0.717, 1.165) is 24.7 Å². The van der Waals surface area contributed by atoms with E-state index in [0.29, 0.717) is 0 Å². The van der Waals surface area contributed by atoms with Crippen molar-refractivity contribution >= 4 is 0 Å². The third kappa shape index (κ3) is 2.93. The van der Waals surface area contributed by atoms with Crippen molar-refractivity contribution in [2.24, 2.45) is 7.05 Å². The second kappa shape index (κ2) is 6.05. The molecule has 0 saturated carbocycles. The Hall–Kier alpha value is -1.29. The fourth-order valence-electron chi connectivity index (χ4n) is 2.57. The molecule has 0 amide bonds. The Kier molecular flexibility index (Phi) is 4.42. The normalized spacial score (nSPS) is 14.9. The van der Waals surface area contributed by atoms with Crippen LogP contribution in [0.4, 0.5) is 0 Å². The summed E-state index contributed by atoms with van der Waals surface area (Å²) in [5, 5.41) is 7.86. The number of hydrogen-bond acceptors (Lipinski definition) is 3. The molecule has 0 saturated heterocycles. The molecule has 0 fully saturated rings. The van der Waals surface area contributed by atoms with E-state index in [4.69, 9.17) is 4.74 Å². The van der Waals surface area contributed by atoms with Crippen molar-refractivity contribution in [1.29, 1.82) is 0 Å². The van der Waals surface area contributed by atoms with Crippen molar-refractivity contribution in [3.63, 3.8) is 0 Å². The van der Waals surface area contributed by atoms with Crippen molar-refractivity contribution in [3.8, 4) is 5.88 Å². The number of rotatable bonds is 6. The second-order valence-electron chi connectivity index (χ2n) is 4.88. The van der Waals surface area contributed by atoms with E-state index in [1.165, 1.54) is 31.2 Å². The second-order valence-corrected chi connectivity index (χ2v) is 4.88. The van der Waals surface area contributed by atoms with Gasteiger partial charge in [0.2, 0.25) is 5.88 Å². The molecule has 1 N–H and O–H groups in total. The Balaban J connectivity index is 1.82. The summed E-state index contributed by atoms with van der Waals surface area (Å²) in [6, 6.07) is 0. The van der Waals surface area contributed by atoms with Gasteiger partial charge in [-0.05, 0) is 39.2 Å². The van der Waals surface area contributed by atoms with Crippen LogP contribution in [0.15, 0.2) is 11.6 Å². The van der Waals surface area contributed by atoms with Gasteiger partial charge in [-0.2, -0.15) is 5.10 Å². The van der Waals surface area contributed by atoms with E-state index in [1.54, 1.807) is 17.4 Å². The fraction of sp³-hybridized carbons (Fsp3) is 0.643. The number of hydrogen-bond donors (Lipinski definition) is 1. The van der Waals surface area contributed by atoms with Crippen LogP contribution in [0.3, 0.4) is 0 Å². The minimum atomic E-state index is 0.829. The molecule has 0 unspecified atom stereocenters. The van der Waals surface area contributed by atoms with Gasteiger partial charge in [-0.1, -0.05) is 11.6 Å². The molecule has 1 aliphatic rings. The molecular weight excluding hydrogens is 226 g/mol. The molecule has 4 nitrogen and oxygen atoms in total. The number of ether oxygens (including phenoxy) is 1. The largest absolute Gasteiger partial charge is 0.481 e. The van der Waals surface area contributed by atoms with Crippen molar-refractivity contribution in [3.05, 3.63) is 22.9 Å². The molecule has 100 valence electrons. The van der Waals surface area contributed by atoms with Gasteiger partial charge < -0.3 is 10.1 Å². The van der Waals surface area contributed by atoms with Crippen LogP contribution >= 0.6 is 0 Å². The van der Waals surface area contributed by atoms with Crippen LogP contribution in [0.5, 0.6) is 5.88 Å². The summed E-state index contributed by atoms with van der Waals surface area (Å²) in [6.07, 6.45) is 7.45. The molecule has 1 aromatic rings. The first-order valence-corrected chi connectivity index (χ1v) is 6.67. The third-order valence-electron chi connectivity index (χ3n) is 3.54. The fourth-order valence-corrected chi connectivity index (χ4v) is 2.57. The lowest BCUT2D eigenvalue weighted by atomic mass is 10.1. The van der Waals surface area contributed by atoms with Gasteiger partial charge in [0.05, 0.1) is 18.4 Å². The van der Waals surface area contributed by atoms with Gasteiger partial charge in [0.15, 0.2) is 0 Å². The Morgan fingerprint density at radius 2 is 2.33 bits per heavy atom. The van der Waals surface area contributed by atoms with E-state index >= 15 is 0 Å². The maximum Gasteiger partial charge on any atom is 0.216 e. The lowest BCUT2D eigenvalue weighted by molar-refractivity contribution is 0.368. The van der Waals surface area contributed by atoms with E-state index in [-0.39, 0.29) is 0 Å². The smallest absolute Gasteiger partial charge is 0.216 e. The Bertz CT molecular complexity index is 434. The molecule has 0 aromatic carbocycles. The van der Waals surface area contributed by atoms with E-state index < -0.39 is 0 Å². The zero-order valence-corrected chi connectivity index (χ0v) is 11.6. The molecule has 4 heteroatoms. The van der Waals surface area contributed by atoms with Gasteiger partial charge in [-0.3, -0.25) is 0 Å². The lowest BCUT2D eigenvalue weighted by Gasteiger charge is -2.07. The van der Waals surface area contributed by atoms with Gasteiger partial charge in [-0.15, -0.1) is 0 Å². The SMILES string of the molecule is COc1c(CNCCC2=CCCC2)c(C)nn1C.